The van der Waals surface area contributed by atoms with Gasteiger partial charge in [-0.1, -0.05) is 0 Å². The molecule has 2 fully saturated rings. The molecule has 7 nitrogen and oxygen atoms in total. The summed E-state index contributed by atoms with van der Waals surface area (Å²) >= 11 is 0. The molecule has 1 aliphatic heterocycles. The second kappa shape index (κ2) is 8.11. The number of carbonyl (C=O) groups is 1. The average Bonchev–Trinajstić information content (AvgIpc) is 3.24. The maximum Gasteiger partial charge on any atom is 0.417 e. The van der Waals surface area contributed by atoms with Gasteiger partial charge in [0.05, 0.1) is 16.9 Å². The number of aryl methyl sites for hydroxylation is 2. The van der Waals surface area contributed by atoms with Crippen LogP contribution < -0.4 is 5.32 Å². The van der Waals surface area contributed by atoms with Crippen LogP contribution in [0.15, 0.2) is 42.7 Å². The zero-order chi connectivity index (χ0) is 24.1. The molecule has 3 aromatic rings. The van der Waals surface area contributed by atoms with E-state index in [1.54, 1.807) is 10.9 Å². The van der Waals surface area contributed by atoms with Crippen molar-refractivity contribution in [3.05, 3.63) is 65.4 Å². The lowest BCUT2D eigenvalue weighted by molar-refractivity contribution is -0.137. The van der Waals surface area contributed by atoms with Gasteiger partial charge in [0.1, 0.15) is 5.82 Å². The number of rotatable bonds is 5. The van der Waals surface area contributed by atoms with E-state index < -0.39 is 11.7 Å². The van der Waals surface area contributed by atoms with E-state index >= 15 is 0 Å². The molecule has 5 rings (SSSR count). The monoisotopic (exact) mass is 470 g/mol. The van der Waals surface area contributed by atoms with Crippen molar-refractivity contribution in [3.63, 3.8) is 0 Å². The molecule has 0 unspecified atom stereocenters. The smallest absolute Gasteiger partial charge is 0.368 e. The van der Waals surface area contributed by atoms with Crippen molar-refractivity contribution in [2.45, 2.75) is 45.3 Å². The van der Waals surface area contributed by atoms with Gasteiger partial charge in [-0.05, 0) is 68.9 Å². The average molecular weight is 470 g/mol. The molecule has 1 amide bonds. The molecule has 1 N–H and O–H groups in total. The van der Waals surface area contributed by atoms with Crippen molar-refractivity contribution in [1.82, 2.24) is 24.6 Å². The fraction of sp³-hybridized carbons (Fsp3) is 0.417. The first kappa shape index (κ1) is 22.4. The molecule has 10 heteroatoms. The molecule has 1 saturated heterocycles. The first-order valence-electron chi connectivity index (χ1n) is 11.2. The Labute approximate surface area is 195 Å². The van der Waals surface area contributed by atoms with Crippen LogP contribution in [0.5, 0.6) is 0 Å². The van der Waals surface area contributed by atoms with Gasteiger partial charge < -0.3 is 10.2 Å². The minimum atomic E-state index is -4.43. The van der Waals surface area contributed by atoms with E-state index in [9.17, 15) is 18.0 Å². The van der Waals surface area contributed by atoms with E-state index in [1.165, 1.54) is 6.07 Å². The molecule has 1 spiro atoms. The number of hydrogen-bond donors (Lipinski definition) is 1. The van der Waals surface area contributed by atoms with Crippen molar-refractivity contribution in [1.29, 1.82) is 0 Å². The van der Waals surface area contributed by atoms with Gasteiger partial charge in [0.2, 0.25) is 0 Å². The van der Waals surface area contributed by atoms with E-state index in [1.807, 2.05) is 36.9 Å². The lowest BCUT2D eigenvalue weighted by atomic mass is 10.0. The molecular formula is C24H25F3N6O. The van der Waals surface area contributed by atoms with E-state index in [0.29, 0.717) is 30.3 Å². The number of pyridine rings is 2. The van der Waals surface area contributed by atoms with Crippen LogP contribution in [-0.2, 0) is 6.18 Å². The lowest BCUT2D eigenvalue weighted by Crippen LogP contribution is -2.40. The quantitative estimate of drug-likeness (QED) is 0.598. The zero-order valence-corrected chi connectivity index (χ0v) is 18.9. The summed E-state index contributed by atoms with van der Waals surface area (Å²) in [5, 5.41) is 7.56. The fourth-order valence-electron chi connectivity index (χ4n) is 4.59. The minimum absolute atomic E-state index is 0.117. The van der Waals surface area contributed by atoms with Crippen LogP contribution in [-0.4, -0.2) is 49.7 Å². The normalized spacial score (nSPS) is 19.0. The van der Waals surface area contributed by atoms with Gasteiger partial charge in [-0.3, -0.25) is 4.79 Å². The molecule has 0 aromatic carbocycles. The van der Waals surface area contributed by atoms with Crippen molar-refractivity contribution < 1.29 is 18.0 Å². The molecule has 1 atom stereocenters. The standard InChI is InChI=1S/C24H25F3N6O/c1-15-3-5-19(33-10-7-16(2)31-33)21(30-15)22(34)32-14-23(8-9-23)11-18(32)13-29-20-6-4-17(12-28-20)24(25,26)27/h3-7,10,12,18H,8-9,11,13-14H2,1-2H3,(H,28,29)/t18-/m0/s1. The highest BCUT2D eigenvalue weighted by Crippen LogP contribution is 2.55. The Bertz CT molecular complexity index is 1220. The van der Waals surface area contributed by atoms with Gasteiger partial charge in [-0.25, -0.2) is 14.6 Å². The van der Waals surface area contributed by atoms with Crippen molar-refractivity contribution in [2.24, 2.45) is 5.41 Å². The highest BCUT2D eigenvalue weighted by molar-refractivity contribution is 5.96. The van der Waals surface area contributed by atoms with Gasteiger partial charge in [0.25, 0.3) is 5.91 Å². The third-order valence-electron chi connectivity index (χ3n) is 6.63. The molecular weight excluding hydrogens is 445 g/mol. The maximum absolute atomic E-state index is 13.7. The molecule has 34 heavy (non-hydrogen) atoms. The van der Waals surface area contributed by atoms with Gasteiger partial charge >= 0.3 is 6.18 Å². The number of halogens is 3. The van der Waals surface area contributed by atoms with Crippen molar-refractivity contribution in [2.75, 3.05) is 18.4 Å². The number of nitrogens with zero attached hydrogens (tertiary/aromatic N) is 5. The Morgan fingerprint density at radius 2 is 1.94 bits per heavy atom. The predicted octanol–water partition coefficient (Wildman–Crippen LogP) is 4.40. The number of nitrogens with one attached hydrogen (secondary N) is 1. The largest absolute Gasteiger partial charge is 0.417 e. The predicted molar refractivity (Wildman–Crippen MR) is 120 cm³/mol. The first-order valence-corrected chi connectivity index (χ1v) is 11.2. The third kappa shape index (κ3) is 4.36. The van der Waals surface area contributed by atoms with Gasteiger partial charge in [0.15, 0.2) is 5.69 Å². The number of hydrogen-bond acceptors (Lipinski definition) is 5. The zero-order valence-electron chi connectivity index (χ0n) is 18.9. The van der Waals surface area contributed by atoms with Crippen LogP contribution in [0.1, 0.15) is 46.7 Å². The summed E-state index contributed by atoms with van der Waals surface area (Å²) in [6, 6.07) is 7.78. The van der Waals surface area contributed by atoms with E-state index in [0.717, 1.165) is 42.9 Å². The minimum Gasteiger partial charge on any atom is -0.368 e. The summed E-state index contributed by atoms with van der Waals surface area (Å²) in [7, 11) is 0. The molecule has 1 saturated carbocycles. The Morgan fingerprint density at radius 1 is 1.15 bits per heavy atom. The Balaban J connectivity index is 1.37. The molecule has 1 aliphatic carbocycles. The summed E-state index contributed by atoms with van der Waals surface area (Å²) in [5.74, 6) is 0.182. The van der Waals surface area contributed by atoms with Crippen LogP contribution in [0.25, 0.3) is 5.69 Å². The summed E-state index contributed by atoms with van der Waals surface area (Å²) in [6.07, 6.45) is 1.17. The second-order valence-electron chi connectivity index (χ2n) is 9.32. The molecule has 0 bridgehead atoms. The van der Waals surface area contributed by atoms with Crippen molar-refractivity contribution in [3.8, 4) is 5.69 Å². The molecule has 3 aromatic heterocycles. The highest BCUT2D eigenvalue weighted by Gasteiger charge is 2.53. The van der Waals surface area contributed by atoms with E-state index in [2.05, 4.69) is 20.4 Å². The first-order chi connectivity index (χ1) is 16.1. The van der Waals surface area contributed by atoms with Gasteiger partial charge in [-0.15, -0.1) is 0 Å². The summed E-state index contributed by atoms with van der Waals surface area (Å²) in [4.78, 5) is 24.1. The van der Waals surface area contributed by atoms with Crippen LogP contribution in [0.2, 0.25) is 0 Å². The highest BCUT2D eigenvalue weighted by atomic mass is 19.4. The topological polar surface area (TPSA) is 75.9 Å². The van der Waals surface area contributed by atoms with Gasteiger partial charge in [-0.2, -0.15) is 18.3 Å². The van der Waals surface area contributed by atoms with Crippen LogP contribution in [0, 0.1) is 19.3 Å². The molecule has 2 aliphatic rings. The number of alkyl halides is 3. The Morgan fingerprint density at radius 3 is 2.56 bits per heavy atom. The Kier molecular flexibility index (Phi) is 5.33. The Hall–Kier alpha value is -3.43. The van der Waals surface area contributed by atoms with E-state index in [4.69, 9.17) is 0 Å². The molecule has 178 valence electrons. The summed E-state index contributed by atoms with van der Waals surface area (Å²) in [6.45, 7) is 4.77. The number of amides is 1. The summed E-state index contributed by atoms with van der Waals surface area (Å²) in [5.41, 5.74) is 1.87. The van der Waals surface area contributed by atoms with Crippen molar-refractivity contribution >= 4 is 11.7 Å². The third-order valence-corrected chi connectivity index (χ3v) is 6.63. The number of likely N-dealkylation sites (tertiary alicyclic amines) is 1. The molecule has 0 radical (unpaired) electrons. The summed E-state index contributed by atoms with van der Waals surface area (Å²) < 4.78 is 40.1. The SMILES string of the molecule is Cc1ccc(-n2ccc(C)n2)c(C(=O)N2CC3(CC3)C[C@H]2CNc2ccc(C(F)(F)F)cn2)n1. The van der Waals surface area contributed by atoms with Crippen LogP contribution in [0.3, 0.4) is 0 Å². The second-order valence-corrected chi connectivity index (χ2v) is 9.32. The lowest BCUT2D eigenvalue weighted by Gasteiger charge is -2.26. The van der Waals surface area contributed by atoms with Gasteiger partial charge in [0, 0.05) is 37.2 Å². The van der Waals surface area contributed by atoms with Crippen LogP contribution in [0.4, 0.5) is 19.0 Å². The fourth-order valence-corrected chi connectivity index (χ4v) is 4.59. The number of aromatic nitrogens is 4. The number of anilines is 1. The molecule has 4 heterocycles. The number of carbonyl (C=O) groups excluding carboxylic acids is 1. The van der Waals surface area contributed by atoms with Crippen LogP contribution >= 0.6 is 0 Å². The maximum atomic E-state index is 13.7. The van der Waals surface area contributed by atoms with E-state index in [-0.39, 0.29) is 17.4 Å².